The number of aryl methyl sites for hydroxylation is 1. The average Bonchev–Trinajstić information content (AvgIpc) is 3.62. The van der Waals surface area contributed by atoms with Gasteiger partial charge in [0, 0.05) is 6.20 Å². The lowest BCUT2D eigenvalue weighted by Crippen LogP contribution is -2.02. The zero-order valence-corrected chi connectivity index (χ0v) is 19.1. The van der Waals surface area contributed by atoms with Gasteiger partial charge in [0.1, 0.15) is 30.4 Å². The van der Waals surface area contributed by atoms with Gasteiger partial charge >= 0.3 is 0 Å². The molecule has 0 unspecified atom stereocenters. The van der Waals surface area contributed by atoms with Gasteiger partial charge in [-0.3, -0.25) is 9.48 Å². The molecule has 0 saturated heterocycles. The van der Waals surface area contributed by atoms with Gasteiger partial charge in [0.2, 0.25) is 5.88 Å². The molecule has 5 rings (SSSR count). The first-order valence-electron chi connectivity index (χ1n) is 11.1. The van der Waals surface area contributed by atoms with Gasteiger partial charge in [0.05, 0.1) is 18.4 Å². The summed E-state index contributed by atoms with van der Waals surface area (Å²) in [7, 11) is 0. The van der Waals surface area contributed by atoms with Crippen molar-refractivity contribution in [3.05, 3.63) is 107 Å². The Kier molecular flexibility index (Phi) is 6.43. The first kappa shape index (κ1) is 22.2. The van der Waals surface area contributed by atoms with Gasteiger partial charge in [-0.2, -0.15) is 0 Å². The number of benzene rings is 2. The van der Waals surface area contributed by atoms with E-state index in [1.807, 2.05) is 61.5 Å². The van der Waals surface area contributed by atoms with Gasteiger partial charge in [-0.05, 0) is 42.3 Å². The van der Waals surface area contributed by atoms with Gasteiger partial charge in [-0.15, -0.1) is 5.10 Å². The SMILES string of the molecule is Cc1oc(-c2ccco2)nc1COc1cccc(COc2nn(Cc3ccccc3)cc2C=O)c1. The van der Waals surface area contributed by atoms with Crippen molar-refractivity contribution in [3.63, 3.8) is 0 Å². The fourth-order valence-electron chi connectivity index (χ4n) is 3.56. The Labute approximate surface area is 201 Å². The Morgan fingerprint density at radius 2 is 1.83 bits per heavy atom. The molecule has 0 amide bonds. The van der Waals surface area contributed by atoms with Crippen molar-refractivity contribution in [1.29, 1.82) is 0 Å². The number of ether oxygens (including phenoxy) is 2. The van der Waals surface area contributed by atoms with Crippen molar-refractivity contribution in [2.45, 2.75) is 26.7 Å². The summed E-state index contributed by atoms with van der Waals surface area (Å²) in [5.41, 5.74) is 3.06. The summed E-state index contributed by atoms with van der Waals surface area (Å²) < 4.78 is 24.5. The van der Waals surface area contributed by atoms with Crippen molar-refractivity contribution in [2.75, 3.05) is 0 Å². The van der Waals surface area contributed by atoms with Crippen LogP contribution in [0, 0.1) is 6.92 Å². The van der Waals surface area contributed by atoms with Crippen LogP contribution in [0.5, 0.6) is 11.6 Å². The Bertz CT molecular complexity index is 1400. The summed E-state index contributed by atoms with van der Waals surface area (Å²) in [4.78, 5) is 16.0. The molecule has 35 heavy (non-hydrogen) atoms. The molecule has 3 aromatic heterocycles. The predicted octanol–water partition coefficient (Wildman–Crippen LogP) is 5.46. The molecule has 0 atom stereocenters. The first-order chi connectivity index (χ1) is 17.2. The van der Waals surface area contributed by atoms with E-state index in [-0.39, 0.29) is 13.2 Å². The minimum Gasteiger partial charge on any atom is -0.487 e. The van der Waals surface area contributed by atoms with E-state index in [1.54, 1.807) is 29.3 Å². The number of aromatic nitrogens is 3. The highest BCUT2D eigenvalue weighted by atomic mass is 16.5. The zero-order chi connectivity index (χ0) is 24.0. The Hall–Kier alpha value is -4.59. The molecule has 3 heterocycles. The van der Waals surface area contributed by atoms with Crippen LogP contribution in [0.25, 0.3) is 11.7 Å². The molecule has 8 nitrogen and oxygen atoms in total. The van der Waals surface area contributed by atoms with E-state index in [1.165, 1.54) is 0 Å². The number of furan rings is 1. The maximum absolute atomic E-state index is 11.5. The van der Waals surface area contributed by atoms with E-state index in [0.717, 1.165) is 17.4 Å². The topological polar surface area (TPSA) is 92.5 Å². The first-order valence-corrected chi connectivity index (χ1v) is 11.1. The lowest BCUT2D eigenvalue weighted by atomic mass is 10.2. The summed E-state index contributed by atoms with van der Waals surface area (Å²) in [5.74, 6) is 2.62. The third-order valence-corrected chi connectivity index (χ3v) is 5.34. The van der Waals surface area contributed by atoms with Crippen LogP contribution in [-0.4, -0.2) is 21.1 Å². The molecule has 0 aliphatic rings. The summed E-state index contributed by atoms with van der Waals surface area (Å²) in [6.07, 6.45) is 4.01. The van der Waals surface area contributed by atoms with Gasteiger partial charge in [-0.25, -0.2) is 4.98 Å². The van der Waals surface area contributed by atoms with E-state index in [2.05, 4.69) is 10.1 Å². The van der Waals surface area contributed by atoms with Crippen LogP contribution in [-0.2, 0) is 19.8 Å². The summed E-state index contributed by atoms with van der Waals surface area (Å²) in [5, 5.41) is 4.43. The van der Waals surface area contributed by atoms with Crippen LogP contribution in [0.1, 0.15) is 32.9 Å². The monoisotopic (exact) mass is 469 g/mol. The quantitative estimate of drug-likeness (QED) is 0.251. The normalized spacial score (nSPS) is 10.9. The molecule has 0 saturated carbocycles. The van der Waals surface area contributed by atoms with Crippen LogP contribution >= 0.6 is 0 Å². The lowest BCUT2D eigenvalue weighted by molar-refractivity contribution is 0.111. The molecule has 5 aromatic rings. The number of carbonyl (C=O) groups excluding carboxylic acids is 1. The van der Waals surface area contributed by atoms with Crippen molar-refractivity contribution < 1.29 is 23.1 Å². The molecular formula is C27H23N3O5. The minimum atomic E-state index is 0.242. The highest BCUT2D eigenvalue weighted by molar-refractivity contribution is 5.77. The van der Waals surface area contributed by atoms with Crippen LogP contribution < -0.4 is 9.47 Å². The molecule has 8 heteroatoms. The van der Waals surface area contributed by atoms with Gasteiger partial charge in [0.25, 0.3) is 5.89 Å². The molecule has 2 aromatic carbocycles. The average molecular weight is 469 g/mol. The van der Waals surface area contributed by atoms with Gasteiger partial charge < -0.3 is 18.3 Å². The molecule has 176 valence electrons. The highest BCUT2D eigenvalue weighted by Gasteiger charge is 2.14. The molecule has 0 aliphatic carbocycles. The number of oxazole rings is 1. The van der Waals surface area contributed by atoms with E-state index in [0.29, 0.717) is 46.8 Å². The molecule has 0 radical (unpaired) electrons. The Morgan fingerprint density at radius 1 is 0.971 bits per heavy atom. The number of hydrogen-bond acceptors (Lipinski definition) is 7. The van der Waals surface area contributed by atoms with Crippen molar-refractivity contribution in [3.8, 4) is 23.3 Å². The van der Waals surface area contributed by atoms with Crippen molar-refractivity contribution in [1.82, 2.24) is 14.8 Å². The molecule has 0 spiro atoms. The third kappa shape index (κ3) is 5.33. The van der Waals surface area contributed by atoms with Crippen LogP contribution in [0.2, 0.25) is 0 Å². The Balaban J connectivity index is 1.21. The van der Waals surface area contributed by atoms with Crippen molar-refractivity contribution >= 4 is 6.29 Å². The maximum atomic E-state index is 11.5. The van der Waals surface area contributed by atoms with Crippen LogP contribution in [0.4, 0.5) is 0 Å². The molecular weight excluding hydrogens is 446 g/mol. The summed E-state index contributed by atoms with van der Waals surface area (Å²) in [6, 6.07) is 21.0. The minimum absolute atomic E-state index is 0.242. The fraction of sp³-hybridized carbons (Fsp3) is 0.148. The maximum Gasteiger partial charge on any atom is 0.263 e. The number of hydrogen-bond donors (Lipinski definition) is 0. The van der Waals surface area contributed by atoms with Crippen molar-refractivity contribution in [2.24, 2.45) is 0 Å². The zero-order valence-electron chi connectivity index (χ0n) is 19.1. The molecule has 0 bridgehead atoms. The highest BCUT2D eigenvalue weighted by Crippen LogP contribution is 2.24. The van der Waals surface area contributed by atoms with E-state index in [9.17, 15) is 4.79 Å². The third-order valence-electron chi connectivity index (χ3n) is 5.34. The number of aldehydes is 1. The van der Waals surface area contributed by atoms with Gasteiger partial charge in [0.15, 0.2) is 12.0 Å². The summed E-state index contributed by atoms with van der Waals surface area (Å²) >= 11 is 0. The lowest BCUT2D eigenvalue weighted by Gasteiger charge is -2.08. The molecule has 0 aliphatic heterocycles. The van der Waals surface area contributed by atoms with Crippen LogP contribution in [0.3, 0.4) is 0 Å². The largest absolute Gasteiger partial charge is 0.487 e. The predicted molar refractivity (Wildman–Crippen MR) is 127 cm³/mol. The van der Waals surface area contributed by atoms with Gasteiger partial charge in [-0.1, -0.05) is 42.5 Å². The molecule has 0 fully saturated rings. The second kappa shape index (κ2) is 10.1. The number of rotatable bonds is 10. The molecule has 0 N–H and O–H groups in total. The number of nitrogens with zero attached hydrogens (tertiary/aromatic N) is 3. The van der Waals surface area contributed by atoms with E-state index in [4.69, 9.17) is 18.3 Å². The second-order valence-electron chi connectivity index (χ2n) is 7.91. The second-order valence-corrected chi connectivity index (χ2v) is 7.91. The van der Waals surface area contributed by atoms with E-state index < -0.39 is 0 Å². The van der Waals surface area contributed by atoms with Crippen LogP contribution in [0.15, 0.2) is 88.0 Å². The summed E-state index contributed by atoms with van der Waals surface area (Å²) in [6.45, 7) is 2.88. The smallest absolute Gasteiger partial charge is 0.263 e. The Morgan fingerprint density at radius 3 is 2.63 bits per heavy atom. The number of carbonyl (C=O) groups is 1. The fourth-order valence-corrected chi connectivity index (χ4v) is 3.56. The standard InChI is InChI=1S/C27H23N3O5/c1-19-24(28-27(35-19)25-11-6-12-32-25)18-33-23-10-5-9-21(13-23)17-34-26-22(16-31)15-30(29-26)14-20-7-3-2-4-8-20/h2-13,15-16H,14,17-18H2,1H3. The van der Waals surface area contributed by atoms with E-state index >= 15 is 0 Å².